The van der Waals surface area contributed by atoms with E-state index in [4.69, 9.17) is 21.7 Å². The highest BCUT2D eigenvalue weighted by Gasteiger charge is 2.41. The highest BCUT2D eigenvalue weighted by molar-refractivity contribution is 6.01. The standard InChI is InChI=1S/C44H45N5O7.C31H30N2O3.C14H18N2O5.CH3F/c1-30(45-40(52)31(2)46-43(55)56-29-33-15-7-3-8-16-33)41(53)48-38(42(54)47-37-25-23-32(28-50)24-26-37)27-39(51)49-44(34-17-9-4-10-18-34,35-19-11-5-12-20-35)36-21-13-6-14-22-36;32-28(29(35)20-23-16-18-24(22-34)19-17-23)21-30(36)33-31(25-10-4-1-5-11-25,26-12-6-2-7-13-26)27-14-8-3-9-15-27;1-9(12(17)15-10(2)13(18)19)16-14(20)21-8-11-6-4-3-5-7-11;1-2/h3-26,30-31,38,50H,27-29H2,1-2H3,(H,45,52)(H,46,55)(H,47,54)(H,48,53)(H,49,51);1-19,28,34H,20-22,32H2,(H,33,36);3-7,9-10H,8H2,1-2H3,(H,15,17)(H,16,20)(H,18,19);1H3/t30-,31-,38-;28-;9-,10-;/m000./s1/i;;;1D. The number of alkyl carbamates (subject to hydrolysis) is 2. The fourth-order valence-corrected chi connectivity index (χ4v) is 11.9. The highest BCUT2D eigenvalue weighted by atomic mass is 19.1. The Morgan fingerprint density at radius 3 is 1.00 bits per heavy atom. The molecule has 0 radical (unpaired) electrons. The van der Waals surface area contributed by atoms with Gasteiger partial charge in [0.2, 0.25) is 35.4 Å². The first-order valence-electron chi connectivity index (χ1n) is 37.5. The van der Waals surface area contributed by atoms with Gasteiger partial charge in [-0.05, 0) is 101 Å². The number of anilines is 1. The van der Waals surface area contributed by atoms with E-state index in [0.29, 0.717) is 11.3 Å². The lowest BCUT2D eigenvalue weighted by molar-refractivity contribution is -0.141. The van der Waals surface area contributed by atoms with Gasteiger partial charge < -0.3 is 73.1 Å². The summed E-state index contributed by atoms with van der Waals surface area (Å²) in [5, 5.41) is 48.7. The van der Waals surface area contributed by atoms with Crippen molar-refractivity contribution in [3.63, 3.8) is 0 Å². The minimum absolute atomic E-state index is 0.00555. The van der Waals surface area contributed by atoms with Crippen LogP contribution in [0.5, 0.6) is 0 Å². The Morgan fingerprint density at radius 2 is 0.670 bits per heavy atom. The number of hydrogen-bond acceptors (Lipinski definition) is 15. The minimum atomic E-state index is -1.40. The number of aliphatic hydroxyl groups is 2. The Hall–Kier alpha value is -13.5. The van der Waals surface area contributed by atoms with E-state index < -0.39 is 109 Å². The molecule has 0 saturated carbocycles. The Labute approximate surface area is 668 Å². The van der Waals surface area contributed by atoms with Crippen LogP contribution in [0.3, 0.4) is 0 Å². The quantitative estimate of drug-likeness (QED) is 0.0174. The van der Waals surface area contributed by atoms with Crippen LogP contribution in [0, 0.1) is 0 Å². The predicted molar refractivity (Wildman–Crippen MR) is 434 cm³/mol. The molecule has 0 bridgehead atoms. The molecule has 0 aliphatic heterocycles. The Bertz CT molecular complexity index is 4560. The van der Waals surface area contributed by atoms with Gasteiger partial charge in [0, 0.05) is 18.5 Å². The van der Waals surface area contributed by atoms with E-state index in [1.165, 1.54) is 27.7 Å². The lowest BCUT2D eigenvalue weighted by Crippen LogP contribution is -2.56. The maximum absolute atomic E-state index is 14.3. The fraction of sp³-hybridized carbons (Fsp3) is 0.222. The molecule has 8 amide bonds. The first-order valence-corrected chi connectivity index (χ1v) is 36.8. The fourth-order valence-electron chi connectivity index (χ4n) is 11.9. The van der Waals surface area contributed by atoms with Crippen LogP contribution >= 0.6 is 0 Å². The minimum Gasteiger partial charge on any atom is -0.480 e. The van der Waals surface area contributed by atoms with E-state index in [1.54, 1.807) is 72.8 Å². The SMILES string of the molecule is C[C@H](NC(=O)OCc1ccccc1)C(=O)N[C@@H](C)C(=O)N[C@@H](CC(=O)NC(c1ccccc1)(c1ccccc1)c1ccccc1)C(=O)Nc1ccc(CO)cc1.C[C@H](NC(=O)[C@H](C)NC(=O)OCc1ccccc1)C(=O)O.N[C@@H](CC(=O)NC(c1ccccc1)(c1ccccc1)c1ccccc1)C(=O)Cc1ccc(CO)cc1.[2H]CF. The number of carboxylic acid groups (broad SMARTS) is 1. The van der Waals surface area contributed by atoms with Crippen LogP contribution in [0.15, 0.2) is 291 Å². The summed E-state index contributed by atoms with van der Waals surface area (Å²) in [7, 11) is -1.00. The number of amides is 8. The molecule has 0 unspecified atom stereocenters. The summed E-state index contributed by atoms with van der Waals surface area (Å²) in [5.41, 5.74) is 13.2. The van der Waals surface area contributed by atoms with E-state index in [2.05, 4.69) is 42.5 Å². The number of ketones is 1. The van der Waals surface area contributed by atoms with E-state index in [0.717, 1.165) is 55.6 Å². The molecule has 0 fully saturated rings. The van der Waals surface area contributed by atoms with Crippen molar-refractivity contribution in [3.05, 3.63) is 352 Å². The van der Waals surface area contributed by atoms with Crippen LogP contribution < -0.4 is 48.3 Å². The molecular formula is C90H96FN9O15. The number of rotatable bonds is 32. The van der Waals surface area contributed by atoms with Gasteiger partial charge in [-0.15, -0.1) is 0 Å². The van der Waals surface area contributed by atoms with E-state index in [9.17, 15) is 62.5 Å². The second-order valence-electron chi connectivity index (χ2n) is 26.5. The average molecular weight is 1560 g/mol. The van der Waals surface area contributed by atoms with Gasteiger partial charge in [0.15, 0.2) is 5.78 Å². The predicted octanol–water partition coefficient (Wildman–Crippen LogP) is 10.5. The van der Waals surface area contributed by atoms with Gasteiger partial charge in [0.25, 0.3) is 0 Å². The van der Waals surface area contributed by atoms with Crippen molar-refractivity contribution in [2.45, 2.75) is 121 Å². The van der Waals surface area contributed by atoms with E-state index in [1.807, 2.05) is 218 Å². The molecule has 25 heteroatoms. The van der Waals surface area contributed by atoms with Gasteiger partial charge in [-0.3, -0.25) is 42.7 Å². The molecule has 598 valence electrons. The normalized spacial score (nSPS) is 12.4. The summed E-state index contributed by atoms with van der Waals surface area (Å²) in [6, 6.07) is 82.9. The summed E-state index contributed by atoms with van der Waals surface area (Å²) in [5.74, 6) is -4.95. The Kier molecular flexibility index (Phi) is 34.6. The Balaban J connectivity index is 0.000000263. The third kappa shape index (κ3) is 26.9. The smallest absolute Gasteiger partial charge is 0.408 e. The van der Waals surface area contributed by atoms with E-state index in [-0.39, 0.29) is 51.0 Å². The van der Waals surface area contributed by atoms with Crippen molar-refractivity contribution in [2.75, 3.05) is 12.5 Å². The van der Waals surface area contributed by atoms with Gasteiger partial charge in [0.1, 0.15) is 54.5 Å². The maximum Gasteiger partial charge on any atom is 0.408 e. The number of carbonyl (C=O) groups is 10. The number of nitrogens with two attached hydrogens (primary N) is 1. The molecule has 0 aromatic heterocycles. The third-order valence-electron chi connectivity index (χ3n) is 18.1. The molecule has 0 saturated heterocycles. The van der Waals surface area contributed by atoms with Gasteiger partial charge in [-0.2, -0.15) is 0 Å². The van der Waals surface area contributed by atoms with Gasteiger partial charge in [0.05, 0.1) is 34.2 Å². The average Bonchev–Trinajstić information content (AvgIpc) is 0.759. The first kappa shape index (κ1) is 87.1. The topological polar surface area (TPSA) is 372 Å². The van der Waals surface area contributed by atoms with Crippen LogP contribution in [0.2, 0.25) is 0 Å². The zero-order valence-corrected chi connectivity index (χ0v) is 64.0. The van der Waals surface area contributed by atoms with Crippen LogP contribution in [-0.2, 0) is 91.8 Å². The zero-order chi connectivity index (χ0) is 83.8. The summed E-state index contributed by atoms with van der Waals surface area (Å²) < 4.78 is 25.6. The third-order valence-corrected chi connectivity index (χ3v) is 18.1. The largest absolute Gasteiger partial charge is 0.480 e. The number of carboxylic acids is 1. The summed E-state index contributed by atoms with van der Waals surface area (Å²) in [6.45, 7) is 5.48. The molecule has 0 aliphatic carbocycles. The summed E-state index contributed by atoms with van der Waals surface area (Å²) in [4.78, 5) is 127. The number of hydrogen-bond donors (Lipinski definition) is 12. The number of aliphatic hydroxyl groups excluding tert-OH is 2. The van der Waals surface area contributed by atoms with Crippen LogP contribution in [-0.4, -0.2) is 118 Å². The lowest BCUT2D eigenvalue weighted by atomic mass is 9.77. The number of carbonyl (C=O) groups excluding carboxylic acids is 9. The number of halogens is 1. The van der Waals surface area contributed by atoms with Crippen molar-refractivity contribution in [3.8, 4) is 0 Å². The van der Waals surface area contributed by atoms with Crippen molar-refractivity contribution in [1.29, 1.82) is 0 Å². The second-order valence-corrected chi connectivity index (χ2v) is 26.5. The highest BCUT2D eigenvalue weighted by Crippen LogP contribution is 2.39. The molecular weight excluding hydrogens is 1470 g/mol. The van der Waals surface area contributed by atoms with Gasteiger partial charge >= 0.3 is 18.2 Å². The summed E-state index contributed by atoms with van der Waals surface area (Å²) >= 11 is 0. The first-order chi connectivity index (χ1) is 55.9. The molecule has 115 heavy (non-hydrogen) atoms. The molecule has 0 heterocycles. The molecule has 13 N–H and O–H groups in total. The molecule has 6 atom stereocenters. The van der Waals surface area contributed by atoms with Gasteiger partial charge in [-0.1, -0.05) is 279 Å². The molecule has 0 aliphatic rings. The number of benzene rings is 10. The van der Waals surface area contributed by atoms with Crippen LogP contribution in [0.1, 0.15) is 103 Å². The molecule has 10 aromatic carbocycles. The monoisotopic (exact) mass is 1560 g/mol. The van der Waals surface area contributed by atoms with Crippen molar-refractivity contribution in [1.82, 2.24) is 37.2 Å². The molecule has 10 rings (SSSR count). The van der Waals surface area contributed by atoms with Crippen molar-refractivity contribution >= 4 is 65.1 Å². The van der Waals surface area contributed by atoms with Gasteiger partial charge in [-0.25, -0.2) is 9.59 Å². The molecule has 0 spiro atoms. The zero-order valence-electron chi connectivity index (χ0n) is 65.0. The van der Waals surface area contributed by atoms with Crippen molar-refractivity contribution < 1.29 is 78.5 Å². The second kappa shape index (κ2) is 45.7. The number of aliphatic carboxylic acids is 1. The Morgan fingerprint density at radius 1 is 0.383 bits per heavy atom. The molecule has 10 aromatic rings. The number of nitrogens with one attached hydrogen (secondary N) is 8. The molecule has 24 nitrogen and oxygen atoms in total. The number of Topliss-reactive ketones (excluding diaryl/α,β-unsaturated/α-hetero) is 1. The maximum atomic E-state index is 14.3. The number of ether oxygens (including phenoxy) is 2. The van der Waals surface area contributed by atoms with Crippen molar-refractivity contribution in [2.24, 2.45) is 5.73 Å². The van der Waals surface area contributed by atoms with Crippen LogP contribution in [0.25, 0.3) is 0 Å². The van der Waals surface area contributed by atoms with E-state index >= 15 is 0 Å². The number of alkyl halides is 1. The van der Waals surface area contributed by atoms with Crippen LogP contribution in [0.4, 0.5) is 19.7 Å². The summed E-state index contributed by atoms with van der Waals surface area (Å²) in [6.07, 6.45) is -2.05. The lowest BCUT2D eigenvalue weighted by Gasteiger charge is -2.37.